The number of nitrogens with one attached hydrogen (secondary N) is 1. The number of hydrogen-bond acceptors (Lipinski definition) is 3. The summed E-state index contributed by atoms with van der Waals surface area (Å²) in [7, 11) is 2.23. The molecule has 0 radical (unpaired) electrons. The molecule has 1 N–H and O–H groups in total. The van der Waals surface area contributed by atoms with Crippen LogP contribution in [0.15, 0.2) is 18.2 Å². The minimum atomic E-state index is 0.490. The number of likely N-dealkylation sites (N-methyl/N-ethyl adjacent to an activating group) is 1. The Labute approximate surface area is 134 Å². The van der Waals surface area contributed by atoms with E-state index in [4.69, 9.17) is 11.6 Å². The first-order valence-electron chi connectivity index (χ1n) is 7.98. The molecule has 1 atom stereocenters. The maximum atomic E-state index is 6.24. The van der Waals surface area contributed by atoms with Crippen molar-refractivity contribution in [2.24, 2.45) is 0 Å². The zero-order chi connectivity index (χ0) is 15.4. The Morgan fingerprint density at radius 3 is 2.76 bits per heavy atom. The van der Waals surface area contributed by atoms with Crippen LogP contribution in [0.25, 0.3) is 0 Å². The van der Waals surface area contributed by atoms with Crippen molar-refractivity contribution in [1.82, 2.24) is 10.2 Å². The Morgan fingerprint density at radius 2 is 2.10 bits per heavy atom. The van der Waals surface area contributed by atoms with E-state index in [0.717, 1.165) is 31.2 Å². The van der Waals surface area contributed by atoms with E-state index in [1.807, 2.05) is 6.07 Å². The second kappa shape index (κ2) is 7.48. The van der Waals surface area contributed by atoms with Gasteiger partial charge in [-0.3, -0.25) is 4.90 Å². The van der Waals surface area contributed by atoms with E-state index in [1.165, 1.54) is 17.7 Å². The summed E-state index contributed by atoms with van der Waals surface area (Å²) < 4.78 is 0. The molecular weight excluding hydrogens is 282 g/mol. The number of halogens is 1. The highest BCUT2D eigenvalue weighted by Crippen LogP contribution is 2.27. The van der Waals surface area contributed by atoms with Crippen LogP contribution < -0.4 is 10.2 Å². The molecule has 0 aliphatic carbocycles. The largest absolute Gasteiger partial charge is 0.368 e. The second-order valence-electron chi connectivity index (χ2n) is 6.30. The fourth-order valence-corrected chi connectivity index (χ4v) is 3.07. The summed E-state index contributed by atoms with van der Waals surface area (Å²) in [6.45, 7) is 10.8. The van der Waals surface area contributed by atoms with Crippen LogP contribution in [0, 0.1) is 0 Å². The molecule has 0 bridgehead atoms. The van der Waals surface area contributed by atoms with E-state index in [0.29, 0.717) is 12.1 Å². The van der Waals surface area contributed by atoms with Crippen molar-refractivity contribution in [3.8, 4) is 0 Å². The summed E-state index contributed by atoms with van der Waals surface area (Å²) in [5, 5.41) is 4.34. The van der Waals surface area contributed by atoms with Gasteiger partial charge in [-0.2, -0.15) is 0 Å². The van der Waals surface area contributed by atoms with E-state index < -0.39 is 0 Å². The maximum absolute atomic E-state index is 6.24. The van der Waals surface area contributed by atoms with E-state index in [1.54, 1.807) is 0 Å². The van der Waals surface area contributed by atoms with Crippen LogP contribution in [0.4, 0.5) is 5.69 Å². The fourth-order valence-electron chi connectivity index (χ4n) is 2.90. The van der Waals surface area contributed by atoms with Crippen molar-refractivity contribution in [1.29, 1.82) is 0 Å². The number of benzene rings is 1. The van der Waals surface area contributed by atoms with Gasteiger partial charge in [-0.25, -0.2) is 0 Å². The Hall–Kier alpha value is -0.770. The Kier molecular flexibility index (Phi) is 5.91. The van der Waals surface area contributed by atoms with Gasteiger partial charge in [0.1, 0.15) is 0 Å². The molecule has 2 rings (SSSR count). The summed E-state index contributed by atoms with van der Waals surface area (Å²) >= 11 is 6.24. The molecule has 0 spiro atoms. The molecule has 1 aliphatic heterocycles. The predicted octanol–water partition coefficient (Wildman–Crippen LogP) is 3.37. The summed E-state index contributed by atoms with van der Waals surface area (Å²) in [4.78, 5) is 4.96. The van der Waals surface area contributed by atoms with Crippen molar-refractivity contribution in [3.05, 3.63) is 28.8 Å². The zero-order valence-electron chi connectivity index (χ0n) is 13.7. The standard InChI is InChI=1S/C17H28ClN3/c1-5-16-12-21(9-8-20(16)4)17-10-15(18)7-6-14(17)11-19-13(2)3/h6-7,10,13,16,19H,5,8-9,11-12H2,1-4H3. The van der Waals surface area contributed by atoms with Gasteiger partial charge >= 0.3 is 0 Å². The second-order valence-corrected chi connectivity index (χ2v) is 6.73. The Balaban J connectivity index is 2.19. The lowest BCUT2D eigenvalue weighted by atomic mass is 10.1. The number of anilines is 1. The predicted molar refractivity (Wildman–Crippen MR) is 92.3 cm³/mol. The van der Waals surface area contributed by atoms with Crippen LogP contribution in [0.3, 0.4) is 0 Å². The molecule has 1 aliphatic rings. The summed E-state index contributed by atoms with van der Waals surface area (Å²) in [5.74, 6) is 0. The van der Waals surface area contributed by atoms with E-state index in [-0.39, 0.29) is 0 Å². The average molecular weight is 310 g/mol. The van der Waals surface area contributed by atoms with Crippen LogP contribution in [-0.4, -0.2) is 43.7 Å². The molecule has 21 heavy (non-hydrogen) atoms. The van der Waals surface area contributed by atoms with Gasteiger partial charge < -0.3 is 10.2 Å². The number of hydrogen-bond donors (Lipinski definition) is 1. The van der Waals surface area contributed by atoms with Gasteiger partial charge in [0, 0.05) is 49.0 Å². The molecular formula is C17H28ClN3. The average Bonchev–Trinajstić information content (AvgIpc) is 2.46. The number of rotatable bonds is 5. The van der Waals surface area contributed by atoms with E-state index in [9.17, 15) is 0 Å². The van der Waals surface area contributed by atoms with Crippen LogP contribution >= 0.6 is 11.6 Å². The van der Waals surface area contributed by atoms with Gasteiger partial charge in [0.05, 0.1) is 0 Å². The summed E-state index contributed by atoms with van der Waals surface area (Å²) in [5.41, 5.74) is 2.63. The molecule has 118 valence electrons. The smallest absolute Gasteiger partial charge is 0.0427 e. The Morgan fingerprint density at radius 1 is 1.33 bits per heavy atom. The number of nitrogens with zero attached hydrogens (tertiary/aromatic N) is 2. The molecule has 0 saturated carbocycles. The third-order valence-corrected chi connectivity index (χ3v) is 4.57. The topological polar surface area (TPSA) is 18.5 Å². The molecule has 1 unspecified atom stereocenters. The van der Waals surface area contributed by atoms with Gasteiger partial charge in [-0.1, -0.05) is 38.4 Å². The molecule has 4 heteroatoms. The maximum Gasteiger partial charge on any atom is 0.0427 e. The van der Waals surface area contributed by atoms with Gasteiger partial charge in [-0.05, 0) is 31.2 Å². The van der Waals surface area contributed by atoms with Crippen molar-refractivity contribution in [2.45, 2.75) is 45.8 Å². The third-order valence-electron chi connectivity index (χ3n) is 4.34. The SMILES string of the molecule is CCC1CN(c2cc(Cl)ccc2CNC(C)C)CCN1C. The lowest BCUT2D eigenvalue weighted by Crippen LogP contribution is -2.51. The van der Waals surface area contributed by atoms with Crippen LogP contribution in [-0.2, 0) is 6.54 Å². The van der Waals surface area contributed by atoms with Crippen molar-refractivity contribution >= 4 is 17.3 Å². The molecule has 1 fully saturated rings. The number of piperazine rings is 1. The van der Waals surface area contributed by atoms with Gasteiger partial charge in [0.15, 0.2) is 0 Å². The minimum Gasteiger partial charge on any atom is -0.368 e. The monoisotopic (exact) mass is 309 g/mol. The van der Waals surface area contributed by atoms with Crippen molar-refractivity contribution < 1.29 is 0 Å². The first-order valence-corrected chi connectivity index (χ1v) is 8.36. The zero-order valence-corrected chi connectivity index (χ0v) is 14.5. The normalized spacial score (nSPS) is 20.3. The van der Waals surface area contributed by atoms with Gasteiger partial charge in [0.25, 0.3) is 0 Å². The lowest BCUT2D eigenvalue weighted by Gasteiger charge is -2.41. The Bertz CT molecular complexity index is 461. The molecule has 1 heterocycles. The first kappa shape index (κ1) is 16.6. The highest BCUT2D eigenvalue weighted by molar-refractivity contribution is 6.30. The van der Waals surface area contributed by atoms with Crippen LogP contribution in [0.1, 0.15) is 32.8 Å². The molecule has 0 amide bonds. The molecule has 1 aromatic carbocycles. The van der Waals surface area contributed by atoms with Crippen LogP contribution in [0.5, 0.6) is 0 Å². The molecule has 0 aromatic heterocycles. The lowest BCUT2D eigenvalue weighted by molar-refractivity contribution is 0.213. The quantitative estimate of drug-likeness (QED) is 0.899. The minimum absolute atomic E-state index is 0.490. The van der Waals surface area contributed by atoms with E-state index >= 15 is 0 Å². The van der Waals surface area contributed by atoms with Gasteiger partial charge in [-0.15, -0.1) is 0 Å². The summed E-state index contributed by atoms with van der Waals surface area (Å²) in [6.07, 6.45) is 1.19. The van der Waals surface area contributed by atoms with Crippen molar-refractivity contribution in [3.63, 3.8) is 0 Å². The molecule has 1 saturated heterocycles. The summed E-state index contributed by atoms with van der Waals surface area (Å²) in [6, 6.07) is 7.40. The van der Waals surface area contributed by atoms with Gasteiger partial charge in [0.2, 0.25) is 0 Å². The van der Waals surface area contributed by atoms with E-state index in [2.05, 4.69) is 55.1 Å². The fraction of sp³-hybridized carbons (Fsp3) is 0.647. The third kappa shape index (κ3) is 4.35. The van der Waals surface area contributed by atoms with Crippen LogP contribution in [0.2, 0.25) is 5.02 Å². The van der Waals surface area contributed by atoms with Crippen molar-refractivity contribution in [2.75, 3.05) is 31.6 Å². The highest BCUT2D eigenvalue weighted by atomic mass is 35.5. The highest BCUT2D eigenvalue weighted by Gasteiger charge is 2.24. The molecule has 3 nitrogen and oxygen atoms in total. The first-order chi connectivity index (χ1) is 10.0. The molecule has 1 aromatic rings.